The molecule has 3 heterocycles. The largest absolute Gasteiger partial charge is 0.278 e. The van der Waals surface area contributed by atoms with Crippen LogP contribution in [0.4, 0.5) is 4.39 Å². The summed E-state index contributed by atoms with van der Waals surface area (Å²) in [5.74, 6) is 0.123. The Kier molecular flexibility index (Phi) is 4.11. The summed E-state index contributed by atoms with van der Waals surface area (Å²) in [6.07, 6.45) is 0. The van der Waals surface area contributed by atoms with E-state index < -0.39 is 0 Å². The molecule has 0 unspecified atom stereocenters. The highest BCUT2D eigenvalue weighted by atomic mass is 32.1. The molecule has 0 bridgehead atoms. The fourth-order valence-electron chi connectivity index (χ4n) is 2.99. The van der Waals surface area contributed by atoms with Gasteiger partial charge in [0.1, 0.15) is 21.3 Å². The summed E-state index contributed by atoms with van der Waals surface area (Å²) in [5.41, 5.74) is 1.56. The monoisotopic (exact) mass is 405 g/mol. The number of fused-ring (bicyclic) bond motifs is 1. The minimum atomic E-state index is -0.357. The molecule has 3 aromatic heterocycles. The quantitative estimate of drug-likeness (QED) is 0.405. The second-order valence-electron chi connectivity index (χ2n) is 6.07. The first-order valence-corrected chi connectivity index (χ1v) is 10.2. The van der Waals surface area contributed by atoms with E-state index in [2.05, 4.69) is 4.98 Å². The van der Waals surface area contributed by atoms with Crippen LogP contribution >= 0.6 is 22.7 Å². The smallest absolute Gasteiger partial charge is 0.267 e. The molecule has 0 saturated heterocycles. The molecule has 0 aliphatic heterocycles. The van der Waals surface area contributed by atoms with Crippen LogP contribution in [0.15, 0.2) is 76.9 Å². The van der Waals surface area contributed by atoms with Crippen LogP contribution in [0.1, 0.15) is 0 Å². The van der Waals surface area contributed by atoms with Gasteiger partial charge in [-0.25, -0.2) is 14.4 Å². The zero-order chi connectivity index (χ0) is 19.1. The van der Waals surface area contributed by atoms with Gasteiger partial charge in [-0.3, -0.25) is 9.36 Å². The summed E-state index contributed by atoms with van der Waals surface area (Å²) in [6, 6.07) is 19.2. The summed E-state index contributed by atoms with van der Waals surface area (Å²) in [7, 11) is 0. The number of rotatable bonds is 3. The normalized spacial score (nSPS) is 11.2. The van der Waals surface area contributed by atoms with Gasteiger partial charge in [-0.05, 0) is 35.7 Å². The highest BCUT2D eigenvalue weighted by Crippen LogP contribution is 2.32. The zero-order valence-electron chi connectivity index (χ0n) is 14.4. The molecule has 7 heteroatoms. The van der Waals surface area contributed by atoms with Crippen molar-refractivity contribution in [1.82, 2.24) is 14.5 Å². The molecule has 0 radical (unpaired) electrons. The first kappa shape index (κ1) is 17.0. The first-order valence-electron chi connectivity index (χ1n) is 8.49. The van der Waals surface area contributed by atoms with Crippen LogP contribution < -0.4 is 5.56 Å². The van der Waals surface area contributed by atoms with Gasteiger partial charge in [0.15, 0.2) is 5.65 Å². The molecule has 0 aliphatic carbocycles. The summed E-state index contributed by atoms with van der Waals surface area (Å²) >= 11 is 2.90. The SMILES string of the molecule is O=c1c2sc(-c3cccs3)nc2nc(-c2ccccc2)n1-c1ccc(F)cc1. The summed E-state index contributed by atoms with van der Waals surface area (Å²) in [4.78, 5) is 23.7. The highest BCUT2D eigenvalue weighted by molar-refractivity contribution is 7.25. The van der Waals surface area contributed by atoms with Gasteiger partial charge in [0.2, 0.25) is 0 Å². The van der Waals surface area contributed by atoms with E-state index in [1.54, 1.807) is 23.5 Å². The van der Waals surface area contributed by atoms with Crippen molar-refractivity contribution in [2.75, 3.05) is 0 Å². The van der Waals surface area contributed by atoms with Crippen LogP contribution in [0.2, 0.25) is 0 Å². The highest BCUT2D eigenvalue weighted by Gasteiger charge is 2.18. The lowest BCUT2D eigenvalue weighted by molar-refractivity contribution is 0.627. The number of hydrogen-bond donors (Lipinski definition) is 0. The molecule has 28 heavy (non-hydrogen) atoms. The van der Waals surface area contributed by atoms with Gasteiger partial charge < -0.3 is 0 Å². The van der Waals surface area contributed by atoms with Crippen molar-refractivity contribution < 1.29 is 4.39 Å². The molecular weight excluding hydrogens is 393 g/mol. The fraction of sp³-hybridized carbons (Fsp3) is 0. The minimum absolute atomic E-state index is 0.212. The summed E-state index contributed by atoms with van der Waals surface area (Å²) in [6.45, 7) is 0. The second-order valence-corrected chi connectivity index (χ2v) is 8.01. The van der Waals surface area contributed by atoms with Crippen LogP contribution in [0.5, 0.6) is 0 Å². The number of thiazole rings is 1. The Hall–Kier alpha value is -3.16. The van der Waals surface area contributed by atoms with E-state index in [4.69, 9.17) is 4.98 Å². The Labute approximate surface area is 167 Å². The van der Waals surface area contributed by atoms with E-state index in [0.717, 1.165) is 15.4 Å². The molecule has 0 atom stereocenters. The predicted octanol–water partition coefficient (Wildman–Crippen LogP) is 5.38. The average Bonchev–Trinajstić information content (AvgIpc) is 3.39. The third kappa shape index (κ3) is 2.85. The molecule has 2 aromatic carbocycles. The molecule has 0 saturated carbocycles. The molecule has 5 rings (SSSR count). The van der Waals surface area contributed by atoms with Crippen molar-refractivity contribution in [2.24, 2.45) is 0 Å². The van der Waals surface area contributed by atoms with Gasteiger partial charge in [0, 0.05) is 5.56 Å². The average molecular weight is 405 g/mol. The first-order chi connectivity index (χ1) is 13.7. The number of aromatic nitrogens is 3. The molecule has 0 aliphatic rings. The van der Waals surface area contributed by atoms with Crippen molar-refractivity contribution in [1.29, 1.82) is 0 Å². The third-order valence-electron chi connectivity index (χ3n) is 4.28. The molecular formula is C21H12FN3OS2. The third-order valence-corrected chi connectivity index (χ3v) is 6.35. The Morgan fingerprint density at radius 3 is 2.39 bits per heavy atom. The van der Waals surface area contributed by atoms with Crippen LogP contribution in [0.3, 0.4) is 0 Å². The van der Waals surface area contributed by atoms with E-state index in [0.29, 0.717) is 21.9 Å². The zero-order valence-corrected chi connectivity index (χ0v) is 16.0. The predicted molar refractivity (Wildman–Crippen MR) is 112 cm³/mol. The lowest BCUT2D eigenvalue weighted by Crippen LogP contribution is -2.21. The maximum Gasteiger partial charge on any atom is 0.278 e. The standard InChI is InChI=1S/C21H12FN3OS2/c22-14-8-10-15(11-9-14)25-19(13-5-2-1-3-6-13)23-18-17(21(25)26)28-20(24-18)16-7-4-12-27-16/h1-12H. The molecule has 0 spiro atoms. The Morgan fingerprint density at radius 1 is 0.893 bits per heavy atom. The summed E-state index contributed by atoms with van der Waals surface area (Å²) in [5, 5.41) is 2.74. The Morgan fingerprint density at radius 2 is 1.68 bits per heavy atom. The number of nitrogens with zero attached hydrogens (tertiary/aromatic N) is 3. The van der Waals surface area contributed by atoms with Crippen molar-refractivity contribution >= 4 is 33.0 Å². The van der Waals surface area contributed by atoms with Gasteiger partial charge in [-0.2, -0.15) is 0 Å². The van der Waals surface area contributed by atoms with Crippen molar-refractivity contribution in [3.63, 3.8) is 0 Å². The second kappa shape index (κ2) is 6.78. The molecule has 0 fully saturated rings. The minimum Gasteiger partial charge on any atom is -0.267 e. The number of benzene rings is 2. The molecule has 0 amide bonds. The fourth-order valence-corrected chi connectivity index (χ4v) is 4.72. The van der Waals surface area contributed by atoms with E-state index in [1.807, 2.05) is 47.8 Å². The lowest BCUT2D eigenvalue weighted by atomic mass is 10.2. The van der Waals surface area contributed by atoms with Gasteiger partial charge in [-0.15, -0.1) is 22.7 Å². The van der Waals surface area contributed by atoms with E-state index >= 15 is 0 Å². The van der Waals surface area contributed by atoms with Crippen molar-refractivity contribution in [2.45, 2.75) is 0 Å². The number of thiophene rings is 1. The van der Waals surface area contributed by atoms with Gasteiger partial charge >= 0.3 is 0 Å². The summed E-state index contributed by atoms with van der Waals surface area (Å²) < 4.78 is 15.4. The Bertz CT molecular complexity index is 1320. The molecule has 0 N–H and O–H groups in total. The van der Waals surface area contributed by atoms with E-state index in [9.17, 15) is 9.18 Å². The molecule has 136 valence electrons. The number of halogens is 1. The lowest BCUT2D eigenvalue weighted by Gasteiger charge is -2.12. The Balaban J connectivity index is 1.83. The van der Waals surface area contributed by atoms with Crippen LogP contribution in [0, 0.1) is 5.82 Å². The number of hydrogen-bond acceptors (Lipinski definition) is 5. The van der Waals surface area contributed by atoms with E-state index in [-0.39, 0.29) is 11.4 Å². The van der Waals surface area contributed by atoms with Gasteiger partial charge in [-0.1, -0.05) is 36.4 Å². The van der Waals surface area contributed by atoms with E-state index in [1.165, 1.54) is 28.0 Å². The van der Waals surface area contributed by atoms with Crippen molar-refractivity contribution in [3.8, 4) is 27.0 Å². The van der Waals surface area contributed by atoms with Crippen LogP contribution in [0.25, 0.3) is 37.3 Å². The maximum atomic E-state index is 13.4. The van der Waals surface area contributed by atoms with Crippen LogP contribution in [-0.4, -0.2) is 14.5 Å². The molecule has 5 aromatic rings. The van der Waals surface area contributed by atoms with Gasteiger partial charge in [0.05, 0.1) is 10.6 Å². The molecule has 4 nitrogen and oxygen atoms in total. The maximum absolute atomic E-state index is 13.4. The van der Waals surface area contributed by atoms with Crippen molar-refractivity contribution in [3.05, 3.63) is 88.3 Å². The van der Waals surface area contributed by atoms with Gasteiger partial charge in [0.25, 0.3) is 5.56 Å². The topological polar surface area (TPSA) is 47.8 Å². The van der Waals surface area contributed by atoms with Crippen LogP contribution in [-0.2, 0) is 0 Å².